The first kappa shape index (κ1) is 14.7. The Labute approximate surface area is 109 Å². The molecule has 0 atom stereocenters. The molecule has 3 nitrogen and oxygen atoms in total. The van der Waals surface area contributed by atoms with Gasteiger partial charge in [-0.25, -0.2) is 0 Å². The van der Waals surface area contributed by atoms with Gasteiger partial charge in [-0.3, -0.25) is 4.79 Å². The van der Waals surface area contributed by atoms with Crippen LogP contribution in [0.25, 0.3) is 0 Å². The standard InChI is InChI=1S/C15H22O3/c1-4-10-17-11-9-14(16)13-7-5-6-8-15(13)18-12(2)3/h5-8,12H,4,9-11H2,1-3H3. The van der Waals surface area contributed by atoms with Crippen LogP contribution in [0.1, 0.15) is 44.0 Å². The third-order valence-electron chi connectivity index (χ3n) is 2.37. The fourth-order valence-electron chi connectivity index (χ4n) is 1.60. The zero-order valence-corrected chi connectivity index (χ0v) is 11.4. The molecule has 0 heterocycles. The van der Waals surface area contributed by atoms with E-state index in [0.717, 1.165) is 6.42 Å². The number of hydrogen-bond donors (Lipinski definition) is 0. The Morgan fingerprint density at radius 3 is 2.61 bits per heavy atom. The molecule has 0 N–H and O–H groups in total. The van der Waals surface area contributed by atoms with Crippen LogP contribution in [0, 0.1) is 0 Å². The first-order valence-electron chi connectivity index (χ1n) is 6.51. The monoisotopic (exact) mass is 250 g/mol. The number of carbonyl (C=O) groups is 1. The quantitative estimate of drug-likeness (QED) is 0.523. The Morgan fingerprint density at radius 2 is 1.94 bits per heavy atom. The molecule has 0 bridgehead atoms. The van der Waals surface area contributed by atoms with E-state index in [1.165, 1.54) is 0 Å². The molecule has 0 amide bonds. The number of ketones is 1. The van der Waals surface area contributed by atoms with Gasteiger partial charge in [0, 0.05) is 13.0 Å². The summed E-state index contributed by atoms with van der Waals surface area (Å²) >= 11 is 0. The Bertz CT molecular complexity index is 372. The van der Waals surface area contributed by atoms with Gasteiger partial charge in [0.05, 0.1) is 18.3 Å². The van der Waals surface area contributed by atoms with E-state index >= 15 is 0 Å². The van der Waals surface area contributed by atoms with Crippen molar-refractivity contribution in [3.63, 3.8) is 0 Å². The molecule has 0 aromatic heterocycles. The van der Waals surface area contributed by atoms with Gasteiger partial charge in [0.25, 0.3) is 0 Å². The Morgan fingerprint density at radius 1 is 1.22 bits per heavy atom. The molecule has 1 aromatic rings. The lowest BCUT2D eigenvalue weighted by Crippen LogP contribution is -2.11. The van der Waals surface area contributed by atoms with Crippen LogP contribution >= 0.6 is 0 Å². The van der Waals surface area contributed by atoms with Gasteiger partial charge >= 0.3 is 0 Å². The van der Waals surface area contributed by atoms with E-state index in [1.807, 2.05) is 39.0 Å². The molecular weight excluding hydrogens is 228 g/mol. The van der Waals surface area contributed by atoms with E-state index in [0.29, 0.717) is 30.9 Å². The molecular formula is C15H22O3. The van der Waals surface area contributed by atoms with Crippen molar-refractivity contribution >= 4 is 5.78 Å². The van der Waals surface area contributed by atoms with Gasteiger partial charge in [0.2, 0.25) is 0 Å². The first-order chi connectivity index (χ1) is 8.65. The highest BCUT2D eigenvalue weighted by Crippen LogP contribution is 2.20. The van der Waals surface area contributed by atoms with Crippen LogP contribution in [0.3, 0.4) is 0 Å². The summed E-state index contributed by atoms with van der Waals surface area (Å²) in [6.45, 7) is 7.13. The van der Waals surface area contributed by atoms with Crippen LogP contribution in [-0.2, 0) is 4.74 Å². The summed E-state index contributed by atoms with van der Waals surface area (Å²) in [4.78, 5) is 12.1. The van der Waals surface area contributed by atoms with Crippen molar-refractivity contribution in [2.45, 2.75) is 39.7 Å². The molecule has 0 aliphatic heterocycles. The minimum Gasteiger partial charge on any atom is -0.490 e. The van der Waals surface area contributed by atoms with E-state index in [1.54, 1.807) is 6.07 Å². The molecule has 0 aliphatic carbocycles. The number of Topliss-reactive ketones (excluding diaryl/α,β-unsaturated/α-hetero) is 1. The summed E-state index contributed by atoms with van der Waals surface area (Å²) in [6, 6.07) is 7.37. The highest BCUT2D eigenvalue weighted by molar-refractivity contribution is 5.98. The molecule has 0 unspecified atom stereocenters. The van der Waals surface area contributed by atoms with Crippen molar-refractivity contribution in [1.29, 1.82) is 0 Å². The molecule has 18 heavy (non-hydrogen) atoms. The largest absolute Gasteiger partial charge is 0.490 e. The van der Waals surface area contributed by atoms with Crippen LogP contribution in [0.15, 0.2) is 24.3 Å². The molecule has 1 aromatic carbocycles. The van der Waals surface area contributed by atoms with Crippen molar-refractivity contribution < 1.29 is 14.3 Å². The van der Waals surface area contributed by atoms with E-state index in [-0.39, 0.29) is 11.9 Å². The van der Waals surface area contributed by atoms with Gasteiger partial charge in [-0.2, -0.15) is 0 Å². The zero-order chi connectivity index (χ0) is 13.4. The topological polar surface area (TPSA) is 35.5 Å². The molecule has 0 saturated carbocycles. The van der Waals surface area contributed by atoms with Crippen LogP contribution in [-0.4, -0.2) is 25.1 Å². The minimum absolute atomic E-state index is 0.0651. The third kappa shape index (κ3) is 4.88. The summed E-state index contributed by atoms with van der Waals surface area (Å²) in [5, 5.41) is 0. The Kier molecular flexibility index (Phi) is 6.44. The number of hydrogen-bond acceptors (Lipinski definition) is 3. The molecule has 1 rings (SSSR count). The average molecular weight is 250 g/mol. The molecule has 100 valence electrons. The molecule has 3 heteroatoms. The molecule has 0 fully saturated rings. The van der Waals surface area contributed by atoms with E-state index in [2.05, 4.69) is 0 Å². The SMILES string of the molecule is CCCOCCC(=O)c1ccccc1OC(C)C. The van der Waals surface area contributed by atoms with E-state index in [9.17, 15) is 4.79 Å². The molecule has 0 saturated heterocycles. The lowest BCUT2D eigenvalue weighted by atomic mass is 10.1. The number of ether oxygens (including phenoxy) is 2. The second-order valence-electron chi connectivity index (χ2n) is 4.45. The van der Waals surface area contributed by atoms with Crippen molar-refractivity contribution in [3.05, 3.63) is 29.8 Å². The summed E-state index contributed by atoms with van der Waals surface area (Å²) in [5.41, 5.74) is 0.645. The predicted molar refractivity (Wildman–Crippen MR) is 72.3 cm³/mol. The summed E-state index contributed by atoms with van der Waals surface area (Å²) in [7, 11) is 0. The van der Waals surface area contributed by atoms with Gasteiger partial charge in [-0.1, -0.05) is 19.1 Å². The van der Waals surface area contributed by atoms with Gasteiger partial charge in [0.15, 0.2) is 5.78 Å². The maximum atomic E-state index is 12.1. The van der Waals surface area contributed by atoms with E-state index < -0.39 is 0 Å². The maximum Gasteiger partial charge on any atom is 0.168 e. The van der Waals surface area contributed by atoms with Crippen LogP contribution in [0.4, 0.5) is 0 Å². The maximum absolute atomic E-state index is 12.1. The fourth-order valence-corrected chi connectivity index (χ4v) is 1.60. The minimum atomic E-state index is 0.0651. The van der Waals surface area contributed by atoms with Crippen molar-refractivity contribution in [3.8, 4) is 5.75 Å². The highest BCUT2D eigenvalue weighted by Gasteiger charge is 2.12. The van der Waals surface area contributed by atoms with Gasteiger partial charge in [-0.05, 0) is 32.4 Å². The summed E-state index contributed by atoms with van der Waals surface area (Å²) in [6.07, 6.45) is 1.44. The van der Waals surface area contributed by atoms with E-state index in [4.69, 9.17) is 9.47 Å². The lowest BCUT2D eigenvalue weighted by molar-refractivity contribution is 0.0874. The summed E-state index contributed by atoms with van der Waals surface area (Å²) in [5.74, 6) is 0.732. The second-order valence-corrected chi connectivity index (χ2v) is 4.45. The summed E-state index contributed by atoms with van der Waals surface area (Å²) < 4.78 is 11.0. The molecule has 0 aliphatic rings. The Hall–Kier alpha value is -1.35. The van der Waals surface area contributed by atoms with Crippen molar-refractivity contribution in [2.24, 2.45) is 0 Å². The van der Waals surface area contributed by atoms with Crippen LogP contribution < -0.4 is 4.74 Å². The lowest BCUT2D eigenvalue weighted by Gasteiger charge is -2.13. The smallest absolute Gasteiger partial charge is 0.168 e. The highest BCUT2D eigenvalue weighted by atomic mass is 16.5. The Balaban J connectivity index is 2.61. The number of para-hydroxylation sites is 1. The number of carbonyl (C=O) groups excluding carboxylic acids is 1. The van der Waals surface area contributed by atoms with Crippen LogP contribution in [0.2, 0.25) is 0 Å². The zero-order valence-electron chi connectivity index (χ0n) is 11.4. The van der Waals surface area contributed by atoms with Crippen molar-refractivity contribution in [2.75, 3.05) is 13.2 Å². The van der Waals surface area contributed by atoms with Gasteiger partial charge in [-0.15, -0.1) is 0 Å². The number of benzene rings is 1. The van der Waals surface area contributed by atoms with Crippen LogP contribution in [0.5, 0.6) is 5.75 Å². The predicted octanol–water partition coefficient (Wildman–Crippen LogP) is 3.47. The second kappa shape index (κ2) is 7.88. The normalized spacial score (nSPS) is 10.7. The molecule has 0 spiro atoms. The third-order valence-corrected chi connectivity index (χ3v) is 2.37. The fraction of sp³-hybridized carbons (Fsp3) is 0.533. The van der Waals surface area contributed by atoms with Gasteiger partial charge < -0.3 is 9.47 Å². The average Bonchev–Trinajstić information content (AvgIpc) is 2.34. The van der Waals surface area contributed by atoms with Gasteiger partial charge in [0.1, 0.15) is 5.75 Å². The number of rotatable bonds is 8. The van der Waals surface area contributed by atoms with Crippen molar-refractivity contribution in [1.82, 2.24) is 0 Å². The molecule has 0 radical (unpaired) electrons. The first-order valence-corrected chi connectivity index (χ1v) is 6.51.